The molecule has 0 aliphatic heterocycles. The molecule has 7 heteroatoms. The normalized spacial score (nSPS) is 10.3. The van der Waals surface area contributed by atoms with E-state index in [1.165, 1.54) is 18.3 Å². The number of nitrogens with zero attached hydrogens (tertiary/aromatic N) is 3. The van der Waals surface area contributed by atoms with E-state index in [-0.39, 0.29) is 18.1 Å². The summed E-state index contributed by atoms with van der Waals surface area (Å²) in [7, 11) is 0. The van der Waals surface area contributed by atoms with E-state index in [9.17, 15) is 4.39 Å². The van der Waals surface area contributed by atoms with Gasteiger partial charge in [0.05, 0.1) is 17.8 Å². The van der Waals surface area contributed by atoms with Gasteiger partial charge in [-0.05, 0) is 29.8 Å². The van der Waals surface area contributed by atoms with Gasteiger partial charge in [0.2, 0.25) is 5.96 Å². The van der Waals surface area contributed by atoms with Crippen molar-refractivity contribution in [3.05, 3.63) is 65.0 Å². The predicted molar refractivity (Wildman–Crippen MR) is 85.3 cm³/mol. The van der Waals surface area contributed by atoms with Crippen LogP contribution in [0.4, 0.5) is 4.39 Å². The van der Waals surface area contributed by atoms with E-state index in [1.54, 1.807) is 30.3 Å². The van der Waals surface area contributed by atoms with Gasteiger partial charge in [-0.2, -0.15) is 10.4 Å². The van der Waals surface area contributed by atoms with Crippen LogP contribution < -0.4 is 16.2 Å². The third kappa shape index (κ3) is 4.82. The predicted octanol–water partition coefficient (Wildman–Crippen LogP) is 1.88. The molecule has 2 aromatic carbocycles. The molecule has 0 radical (unpaired) electrons. The summed E-state index contributed by atoms with van der Waals surface area (Å²) in [5, 5.41) is 15.9. The summed E-state index contributed by atoms with van der Waals surface area (Å²) in [6, 6.07) is 13.1. The molecule has 0 unspecified atom stereocenters. The number of rotatable bonds is 5. The van der Waals surface area contributed by atoms with Gasteiger partial charge in [-0.1, -0.05) is 18.2 Å². The number of hydrogen-bond donors (Lipinski definition) is 2. The Labute approximate surface area is 132 Å². The molecular formula is C16H14FN5O. The third-order valence-corrected chi connectivity index (χ3v) is 2.81. The number of ether oxygens (including phenoxy) is 1. The monoisotopic (exact) mass is 311 g/mol. The van der Waals surface area contributed by atoms with Crippen LogP contribution in [0.2, 0.25) is 0 Å². The first-order chi connectivity index (χ1) is 11.1. The van der Waals surface area contributed by atoms with E-state index in [4.69, 9.17) is 21.5 Å². The van der Waals surface area contributed by atoms with Gasteiger partial charge in [-0.25, -0.2) is 4.39 Å². The summed E-state index contributed by atoms with van der Waals surface area (Å²) < 4.78 is 19.3. The lowest BCUT2D eigenvalue weighted by molar-refractivity contribution is 0.300. The third-order valence-electron chi connectivity index (χ3n) is 2.81. The highest BCUT2D eigenvalue weighted by Crippen LogP contribution is 2.16. The minimum absolute atomic E-state index is 0.0477. The van der Waals surface area contributed by atoms with Crippen molar-refractivity contribution in [1.82, 2.24) is 0 Å². The van der Waals surface area contributed by atoms with Gasteiger partial charge in [0.15, 0.2) is 0 Å². The fraction of sp³-hybridized carbons (Fsp3) is 0.0625. The molecule has 0 amide bonds. The van der Waals surface area contributed by atoms with Gasteiger partial charge in [-0.3, -0.25) is 0 Å². The molecule has 2 aromatic rings. The molecule has 0 aromatic heterocycles. The minimum atomic E-state index is -0.477. The molecule has 0 atom stereocenters. The Morgan fingerprint density at radius 1 is 1.26 bits per heavy atom. The topological polar surface area (TPSA) is 110 Å². The maximum atomic E-state index is 13.8. The molecule has 0 aliphatic rings. The molecule has 0 aliphatic carbocycles. The average Bonchev–Trinajstić information content (AvgIpc) is 2.53. The van der Waals surface area contributed by atoms with E-state index in [2.05, 4.69) is 10.2 Å². The lowest BCUT2D eigenvalue weighted by atomic mass is 10.1. The van der Waals surface area contributed by atoms with E-state index < -0.39 is 5.82 Å². The van der Waals surface area contributed by atoms with Crippen molar-refractivity contribution in [1.29, 1.82) is 5.26 Å². The molecule has 6 nitrogen and oxygen atoms in total. The van der Waals surface area contributed by atoms with E-state index in [1.807, 2.05) is 6.07 Å². The Morgan fingerprint density at radius 3 is 2.78 bits per heavy atom. The van der Waals surface area contributed by atoms with E-state index in [0.717, 1.165) is 5.56 Å². The van der Waals surface area contributed by atoms with Crippen LogP contribution in [0, 0.1) is 17.1 Å². The lowest BCUT2D eigenvalue weighted by Crippen LogP contribution is -2.21. The zero-order valence-electron chi connectivity index (χ0n) is 12.1. The van der Waals surface area contributed by atoms with E-state index >= 15 is 0 Å². The summed E-state index contributed by atoms with van der Waals surface area (Å²) in [6.45, 7) is 0.0477. The van der Waals surface area contributed by atoms with Gasteiger partial charge in [0.25, 0.3) is 0 Å². The molecule has 0 bridgehead atoms. The van der Waals surface area contributed by atoms with Crippen LogP contribution in [0.3, 0.4) is 0 Å². The number of benzene rings is 2. The summed E-state index contributed by atoms with van der Waals surface area (Å²) in [5.41, 5.74) is 11.7. The van der Waals surface area contributed by atoms with Gasteiger partial charge < -0.3 is 16.2 Å². The lowest BCUT2D eigenvalue weighted by Gasteiger charge is -2.08. The number of halogens is 1. The van der Waals surface area contributed by atoms with Crippen LogP contribution >= 0.6 is 0 Å². The molecule has 0 saturated heterocycles. The Bertz CT molecular complexity index is 791. The first-order valence-electron chi connectivity index (χ1n) is 6.62. The van der Waals surface area contributed by atoms with Gasteiger partial charge in [0, 0.05) is 5.56 Å². The van der Waals surface area contributed by atoms with Gasteiger partial charge in [0.1, 0.15) is 18.2 Å². The molecule has 0 spiro atoms. The zero-order valence-corrected chi connectivity index (χ0v) is 12.1. The summed E-state index contributed by atoms with van der Waals surface area (Å²) in [4.78, 5) is 0. The van der Waals surface area contributed by atoms with Crippen molar-refractivity contribution in [2.45, 2.75) is 6.61 Å². The average molecular weight is 311 g/mol. The molecule has 0 heterocycles. The van der Waals surface area contributed by atoms with Crippen molar-refractivity contribution in [3.8, 4) is 11.8 Å². The largest absolute Gasteiger partial charge is 0.489 e. The smallest absolute Gasteiger partial charge is 0.211 e. The highest BCUT2D eigenvalue weighted by Gasteiger charge is 2.05. The number of guanidine groups is 1. The Kier molecular flexibility index (Phi) is 5.25. The van der Waals surface area contributed by atoms with Crippen LogP contribution in [-0.2, 0) is 6.61 Å². The summed E-state index contributed by atoms with van der Waals surface area (Å²) in [5.74, 6) is -0.0677. The second-order valence-electron chi connectivity index (χ2n) is 4.55. The Morgan fingerprint density at radius 2 is 2.09 bits per heavy atom. The maximum absolute atomic E-state index is 13.8. The van der Waals surface area contributed by atoms with Crippen LogP contribution in [0.15, 0.2) is 52.7 Å². The zero-order chi connectivity index (χ0) is 16.7. The fourth-order valence-electron chi connectivity index (χ4n) is 1.74. The highest BCUT2D eigenvalue weighted by molar-refractivity contribution is 5.81. The Balaban J connectivity index is 2.05. The van der Waals surface area contributed by atoms with Crippen LogP contribution in [0.1, 0.15) is 16.7 Å². The Hall–Kier alpha value is -3.40. The van der Waals surface area contributed by atoms with Crippen LogP contribution in [0.5, 0.6) is 5.75 Å². The quantitative estimate of drug-likeness (QED) is 0.499. The second kappa shape index (κ2) is 7.56. The van der Waals surface area contributed by atoms with Crippen molar-refractivity contribution in [2.75, 3.05) is 0 Å². The molecule has 4 N–H and O–H groups in total. The fourth-order valence-corrected chi connectivity index (χ4v) is 1.74. The van der Waals surface area contributed by atoms with Gasteiger partial charge in [-0.15, -0.1) is 5.10 Å². The van der Waals surface area contributed by atoms with Crippen LogP contribution in [-0.4, -0.2) is 12.2 Å². The standard InChI is InChI=1S/C16H14FN5O/c17-15-7-11(8-18)4-5-13(15)10-23-14-3-1-2-12(6-14)9-21-22-16(19)20/h1-7,9H,10H2,(H4,19,20,22). The highest BCUT2D eigenvalue weighted by atomic mass is 19.1. The number of nitriles is 1. The number of hydrogen-bond acceptors (Lipinski definition) is 4. The minimum Gasteiger partial charge on any atom is -0.489 e. The van der Waals surface area contributed by atoms with E-state index in [0.29, 0.717) is 11.3 Å². The van der Waals surface area contributed by atoms with Crippen molar-refractivity contribution in [2.24, 2.45) is 21.7 Å². The molecular weight excluding hydrogens is 297 g/mol. The molecule has 116 valence electrons. The number of nitrogens with two attached hydrogens (primary N) is 2. The van der Waals surface area contributed by atoms with Gasteiger partial charge >= 0.3 is 0 Å². The van der Waals surface area contributed by atoms with Crippen molar-refractivity contribution < 1.29 is 9.13 Å². The molecule has 23 heavy (non-hydrogen) atoms. The molecule has 2 rings (SSSR count). The maximum Gasteiger partial charge on any atom is 0.211 e. The first-order valence-corrected chi connectivity index (χ1v) is 6.62. The first kappa shape index (κ1) is 16.0. The summed E-state index contributed by atoms with van der Waals surface area (Å²) in [6.07, 6.45) is 1.47. The second-order valence-corrected chi connectivity index (χ2v) is 4.55. The SMILES string of the molecule is N#Cc1ccc(COc2cccc(C=NN=C(N)N)c2)c(F)c1. The van der Waals surface area contributed by atoms with Crippen molar-refractivity contribution in [3.63, 3.8) is 0 Å². The van der Waals surface area contributed by atoms with Crippen LogP contribution in [0.25, 0.3) is 0 Å². The molecule has 0 saturated carbocycles. The van der Waals surface area contributed by atoms with Crippen molar-refractivity contribution >= 4 is 12.2 Å². The molecule has 0 fully saturated rings. The summed E-state index contributed by atoms with van der Waals surface area (Å²) >= 11 is 0.